The summed E-state index contributed by atoms with van der Waals surface area (Å²) in [6.45, 7) is 4.81. The van der Waals surface area contributed by atoms with Crippen molar-refractivity contribution >= 4 is 17.1 Å². The molecule has 0 radical (unpaired) electrons. The molecule has 0 saturated heterocycles. The quantitative estimate of drug-likeness (QED) is 0.147. The zero-order chi connectivity index (χ0) is 43.5. The van der Waals surface area contributed by atoms with Crippen LogP contribution >= 0.6 is 0 Å². The Labute approximate surface area is 382 Å². The molecule has 308 valence electrons. The smallest absolute Gasteiger partial charge is 0.0714 e. The maximum absolute atomic E-state index is 2.60. The van der Waals surface area contributed by atoms with Gasteiger partial charge in [-0.1, -0.05) is 238 Å². The highest BCUT2D eigenvalue weighted by atomic mass is 15.1. The van der Waals surface area contributed by atoms with Gasteiger partial charge in [0.05, 0.1) is 16.8 Å². The lowest BCUT2D eigenvalue weighted by Gasteiger charge is -2.36. The van der Waals surface area contributed by atoms with Gasteiger partial charge < -0.3 is 4.90 Å². The van der Waals surface area contributed by atoms with Gasteiger partial charge in [0, 0.05) is 16.7 Å². The van der Waals surface area contributed by atoms with Gasteiger partial charge in [-0.3, -0.25) is 0 Å². The number of fused-ring (bicyclic) bond motifs is 6. The van der Waals surface area contributed by atoms with Crippen LogP contribution in [-0.4, -0.2) is 0 Å². The lowest BCUT2D eigenvalue weighted by Crippen LogP contribution is -2.29. The predicted octanol–water partition coefficient (Wildman–Crippen LogP) is 16.8. The number of benzene rings is 10. The average molecular weight is 830 g/mol. The largest absolute Gasteiger partial charge is 0.310 e. The van der Waals surface area contributed by atoms with Crippen LogP contribution in [0.3, 0.4) is 0 Å². The van der Waals surface area contributed by atoms with Gasteiger partial charge in [0.25, 0.3) is 0 Å². The SMILES string of the molecule is CC1(C)c2ccccc2-c2cccc(N(c3ccc4c(c3)C(c3ccccc3)(c3ccccc3)c3ccccc3-4)c3cccc(-c4ccccc4)c3-c3ccccc3-c3ccccc3)c21. The molecule has 0 bridgehead atoms. The van der Waals surface area contributed by atoms with Gasteiger partial charge in [-0.15, -0.1) is 0 Å². The third kappa shape index (κ3) is 5.93. The summed E-state index contributed by atoms with van der Waals surface area (Å²) in [5, 5.41) is 0. The normalized spacial score (nSPS) is 13.6. The van der Waals surface area contributed by atoms with Crippen molar-refractivity contribution in [2.45, 2.75) is 24.7 Å². The van der Waals surface area contributed by atoms with E-state index in [9.17, 15) is 0 Å². The first kappa shape index (κ1) is 38.7. The van der Waals surface area contributed by atoms with Crippen LogP contribution in [0.15, 0.2) is 249 Å². The summed E-state index contributed by atoms with van der Waals surface area (Å²) in [4.78, 5) is 2.60. The molecule has 0 unspecified atom stereocenters. The van der Waals surface area contributed by atoms with Crippen molar-refractivity contribution in [3.05, 3.63) is 282 Å². The van der Waals surface area contributed by atoms with Gasteiger partial charge in [0.1, 0.15) is 0 Å². The molecule has 0 spiro atoms. The minimum Gasteiger partial charge on any atom is -0.310 e. The molecule has 65 heavy (non-hydrogen) atoms. The maximum Gasteiger partial charge on any atom is 0.0714 e. The zero-order valence-electron chi connectivity index (χ0n) is 36.6. The number of nitrogens with zero attached hydrogens (tertiary/aromatic N) is 1. The Bertz CT molecular complexity index is 3350. The highest BCUT2D eigenvalue weighted by Gasteiger charge is 2.47. The second kappa shape index (κ2) is 15.4. The molecule has 2 aliphatic carbocycles. The number of hydrogen-bond acceptors (Lipinski definition) is 1. The Morgan fingerprint density at radius 2 is 0.754 bits per heavy atom. The summed E-state index contributed by atoms with van der Waals surface area (Å²) in [6, 6.07) is 92.2. The topological polar surface area (TPSA) is 3.24 Å². The van der Waals surface area contributed by atoms with Crippen molar-refractivity contribution in [3.63, 3.8) is 0 Å². The minimum absolute atomic E-state index is 0.273. The van der Waals surface area contributed by atoms with Crippen molar-refractivity contribution in [3.8, 4) is 55.6 Å². The molecule has 0 heterocycles. The number of anilines is 3. The van der Waals surface area contributed by atoms with E-state index in [2.05, 4.69) is 267 Å². The first-order chi connectivity index (χ1) is 32.0. The fourth-order valence-corrected chi connectivity index (χ4v) is 11.4. The van der Waals surface area contributed by atoms with E-state index < -0.39 is 5.41 Å². The van der Waals surface area contributed by atoms with E-state index in [1.165, 1.54) is 94.7 Å². The highest BCUT2D eigenvalue weighted by molar-refractivity contribution is 6.03. The van der Waals surface area contributed by atoms with Crippen LogP contribution in [0.1, 0.15) is 47.2 Å². The van der Waals surface area contributed by atoms with Gasteiger partial charge in [-0.05, 0) is 108 Å². The molecule has 0 N–H and O–H groups in total. The van der Waals surface area contributed by atoms with Crippen LogP contribution in [0.25, 0.3) is 55.6 Å². The van der Waals surface area contributed by atoms with Crippen LogP contribution in [0.4, 0.5) is 17.1 Å². The Morgan fingerprint density at radius 1 is 0.308 bits per heavy atom. The minimum atomic E-state index is -0.557. The second-order valence-electron chi connectivity index (χ2n) is 17.9. The summed E-state index contributed by atoms with van der Waals surface area (Å²) < 4.78 is 0. The fraction of sp³-hybridized carbons (Fsp3) is 0.0625. The Hall–Kier alpha value is -8.00. The van der Waals surface area contributed by atoms with Gasteiger partial charge >= 0.3 is 0 Å². The third-order valence-electron chi connectivity index (χ3n) is 14.1. The summed E-state index contributed by atoms with van der Waals surface area (Å²) in [7, 11) is 0. The monoisotopic (exact) mass is 829 g/mol. The van der Waals surface area contributed by atoms with Crippen molar-refractivity contribution in [1.29, 1.82) is 0 Å². The molecule has 10 aromatic carbocycles. The average Bonchev–Trinajstić information content (AvgIpc) is 3.80. The summed E-state index contributed by atoms with van der Waals surface area (Å²) in [5.74, 6) is 0. The molecular weight excluding hydrogens is 783 g/mol. The molecule has 0 amide bonds. The molecule has 12 rings (SSSR count). The maximum atomic E-state index is 2.60. The predicted molar refractivity (Wildman–Crippen MR) is 272 cm³/mol. The summed E-state index contributed by atoms with van der Waals surface area (Å²) in [6.07, 6.45) is 0. The second-order valence-corrected chi connectivity index (χ2v) is 17.9. The molecule has 10 aromatic rings. The Kier molecular flexibility index (Phi) is 9.14. The molecule has 1 nitrogen and oxygen atoms in total. The van der Waals surface area contributed by atoms with Gasteiger partial charge in [-0.25, -0.2) is 0 Å². The molecular formula is C64H47N. The zero-order valence-corrected chi connectivity index (χ0v) is 36.6. The van der Waals surface area contributed by atoms with Crippen molar-refractivity contribution < 1.29 is 0 Å². The van der Waals surface area contributed by atoms with E-state index in [4.69, 9.17) is 0 Å². The summed E-state index contributed by atoms with van der Waals surface area (Å²) >= 11 is 0. The van der Waals surface area contributed by atoms with Crippen molar-refractivity contribution in [1.82, 2.24) is 0 Å². The van der Waals surface area contributed by atoms with Crippen LogP contribution < -0.4 is 4.90 Å². The van der Waals surface area contributed by atoms with E-state index >= 15 is 0 Å². The molecule has 0 aliphatic heterocycles. The third-order valence-corrected chi connectivity index (χ3v) is 14.1. The van der Waals surface area contributed by atoms with E-state index in [-0.39, 0.29) is 5.41 Å². The van der Waals surface area contributed by atoms with E-state index in [1.54, 1.807) is 0 Å². The van der Waals surface area contributed by atoms with Crippen molar-refractivity contribution in [2.75, 3.05) is 4.90 Å². The highest BCUT2D eigenvalue weighted by Crippen LogP contribution is 2.60. The van der Waals surface area contributed by atoms with Crippen LogP contribution in [-0.2, 0) is 10.8 Å². The van der Waals surface area contributed by atoms with Crippen LogP contribution in [0, 0.1) is 0 Å². The first-order valence-corrected chi connectivity index (χ1v) is 22.8. The molecule has 0 aromatic heterocycles. The van der Waals surface area contributed by atoms with Crippen LogP contribution in [0.2, 0.25) is 0 Å². The van der Waals surface area contributed by atoms with Gasteiger partial charge in [0.2, 0.25) is 0 Å². The molecule has 2 aliphatic rings. The summed E-state index contributed by atoms with van der Waals surface area (Å²) in [5.41, 5.74) is 22.6. The molecule has 0 saturated carbocycles. The van der Waals surface area contributed by atoms with E-state index in [0.29, 0.717) is 0 Å². The molecule has 0 atom stereocenters. The van der Waals surface area contributed by atoms with E-state index in [1.807, 2.05) is 0 Å². The van der Waals surface area contributed by atoms with Crippen molar-refractivity contribution in [2.24, 2.45) is 0 Å². The lowest BCUT2D eigenvalue weighted by atomic mass is 9.67. The van der Waals surface area contributed by atoms with Crippen LogP contribution in [0.5, 0.6) is 0 Å². The fourth-order valence-electron chi connectivity index (χ4n) is 11.4. The standard InChI is InChI=1S/C64H47N/c1-63(2)56-37-19-17-33-52(56)55-36-22-40-60(62(55)63)65(59-39-21-35-50(45-25-9-4-10-26-45)61(59)54-34-16-15-31-49(54)44-23-7-3-8-24-44)48-41-42-53-51-32-18-20-38-57(51)64(58(53)43-48,46-27-11-5-12-28-46)47-29-13-6-14-30-47/h3-43H,1-2H3. The Morgan fingerprint density at radius 3 is 1.38 bits per heavy atom. The Balaban J connectivity index is 1.21. The number of rotatable bonds is 8. The van der Waals surface area contributed by atoms with Gasteiger partial charge in [0.15, 0.2) is 0 Å². The number of hydrogen-bond donors (Lipinski definition) is 0. The molecule has 0 fully saturated rings. The van der Waals surface area contributed by atoms with Gasteiger partial charge in [-0.2, -0.15) is 0 Å². The first-order valence-electron chi connectivity index (χ1n) is 22.8. The van der Waals surface area contributed by atoms with E-state index in [0.717, 1.165) is 11.4 Å². The molecule has 1 heteroatoms. The lowest BCUT2D eigenvalue weighted by molar-refractivity contribution is 0.661.